The molecular weight excluding hydrogens is 352 g/mol. The SMILES string of the molecule is CCCCCCCCCC1(C)CCc2cc(OC3CC(C(=O)O)C3)ccc2O1. The Morgan fingerprint density at radius 3 is 2.61 bits per heavy atom. The molecule has 1 aliphatic carbocycles. The van der Waals surface area contributed by atoms with Gasteiger partial charge in [0.1, 0.15) is 23.2 Å². The summed E-state index contributed by atoms with van der Waals surface area (Å²) in [5, 5.41) is 8.98. The maximum absolute atomic E-state index is 10.9. The number of rotatable bonds is 11. The first-order valence-electron chi connectivity index (χ1n) is 11.2. The fourth-order valence-electron chi connectivity index (χ4n) is 4.33. The lowest BCUT2D eigenvalue weighted by molar-refractivity contribution is -0.147. The number of aryl methyl sites for hydroxylation is 1. The maximum atomic E-state index is 10.9. The highest BCUT2D eigenvalue weighted by Gasteiger charge is 2.36. The van der Waals surface area contributed by atoms with Crippen molar-refractivity contribution >= 4 is 5.97 Å². The molecule has 4 heteroatoms. The van der Waals surface area contributed by atoms with Crippen LogP contribution in [0.3, 0.4) is 0 Å². The lowest BCUT2D eigenvalue weighted by atomic mass is 9.82. The summed E-state index contributed by atoms with van der Waals surface area (Å²) in [7, 11) is 0. The van der Waals surface area contributed by atoms with Crippen molar-refractivity contribution in [3.05, 3.63) is 23.8 Å². The van der Waals surface area contributed by atoms with E-state index in [0.717, 1.165) is 30.8 Å². The molecule has 1 fully saturated rings. The summed E-state index contributed by atoms with van der Waals surface area (Å²) in [5.74, 6) is 0.880. The summed E-state index contributed by atoms with van der Waals surface area (Å²) < 4.78 is 12.3. The van der Waals surface area contributed by atoms with Gasteiger partial charge in [-0.25, -0.2) is 0 Å². The third kappa shape index (κ3) is 5.65. The Morgan fingerprint density at radius 2 is 1.89 bits per heavy atom. The second-order valence-electron chi connectivity index (χ2n) is 8.94. The Kier molecular flexibility index (Phi) is 7.25. The van der Waals surface area contributed by atoms with E-state index in [1.807, 2.05) is 12.1 Å². The number of carboxylic acids is 1. The molecule has 4 nitrogen and oxygen atoms in total. The number of aliphatic carboxylic acids is 1. The van der Waals surface area contributed by atoms with Gasteiger partial charge in [-0.05, 0) is 69.2 Å². The molecule has 1 aromatic rings. The van der Waals surface area contributed by atoms with Crippen LogP contribution in [0.5, 0.6) is 11.5 Å². The molecule has 0 saturated heterocycles. The Bertz CT molecular complexity index is 650. The summed E-state index contributed by atoms with van der Waals surface area (Å²) in [4.78, 5) is 10.9. The van der Waals surface area contributed by atoms with E-state index >= 15 is 0 Å². The van der Waals surface area contributed by atoms with E-state index in [2.05, 4.69) is 19.9 Å². The van der Waals surface area contributed by atoms with Crippen LogP contribution in [0.2, 0.25) is 0 Å². The number of hydrogen-bond acceptors (Lipinski definition) is 3. The number of fused-ring (bicyclic) bond motifs is 1. The molecule has 1 unspecified atom stereocenters. The van der Waals surface area contributed by atoms with Crippen LogP contribution in [0.25, 0.3) is 0 Å². The predicted octanol–water partition coefficient (Wildman–Crippen LogP) is 6.15. The third-order valence-electron chi connectivity index (χ3n) is 6.37. The van der Waals surface area contributed by atoms with Crippen LogP contribution in [0.1, 0.15) is 90.0 Å². The van der Waals surface area contributed by atoms with Crippen LogP contribution >= 0.6 is 0 Å². The zero-order valence-corrected chi connectivity index (χ0v) is 17.5. The molecule has 156 valence electrons. The maximum Gasteiger partial charge on any atom is 0.306 e. The van der Waals surface area contributed by atoms with Crippen molar-refractivity contribution in [1.29, 1.82) is 0 Å². The normalized spacial score (nSPS) is 26.1. The van der Waals surface area contributed by atoms with Crippen molar-refractivity contribution in [2.75, 3.05) is 0 Å². The lowest BCUT2D eigenvalue weighted by Crippen LogP contribution is -2.38. The molecule has 3 rings (SSSR count). The zero-order valence-electron chi connectivity index (χ0n) is 17.5. The van der Waals surface area contributed by atoms with Gasteiger partial charge in [-0.15, -0.1) is 0 Å². The van der Waals surface area contributed by atoms with Crippen LogP contribution in [-0.2, 0) is 11.2 Å². The number of hydrogen-bond donors (Lipinski definition) is 1. The first-order chi connectivity index (χ1) is 13.5. The number of carboxylic acid groups (broad SMARTS) is 1. The molecule has 0 radical (unpaired) electrons. The first kappa shape index (κ1) is 21.0. The second-order valence-corrected chi connectivity index (χ2v) is 8.94. The average molecular weight is 389 g/mol. The van der Waals surface area contributed by atoms with Crippen molar-refractivity contribution in [2.24, 2.45) is 5.92 Å². The van der Waals surface area contributed by atoms with Gasteiger partial charge in [0.2, 0.25) is 0 Å². The minimum absolute atomic E-state index is 0.0336. The van der Waals surface area contributed by atoms with Gasteiger partial charge in [0.25, 0.3) is 0 Å². The average Bonchev–Trinajstić information content (AvgIpc) is 2.63. The molecule has 0 spiro atoms. The van der Waals surface area contributed by atoms with Gasteiger partial charge < -0.3 is 14.6 Å². The standard InChI is InChI=1S/C24H36O4/c1-3-4-5-6-7-8-9-13-24(2)14-12-18-15-20(10-11-22(18)28-24)27-21-16-19(17-21)23(25)26/h10-11,15,19,21H,3-9,12-14,16-17H2,1-2H3,(H,25,26). The molecular formula is C24H36O4. The van der Waals surface area contributed by atoms with Crippen LogP contribution in [-0.4, -0.2) is 22.8 Å². The molecule has 1 heterocycles. The molecule has 1 aliphatic heterocycles. The largest absolute Gasteiger partial charge is 0.490 e. The molecule has 0 aromatic heterocycles. The van der Waals surface area contributed by atoms with Crippen LogP contribution < -0.4 is 9.47 Å². The van der Waals surface area contributed by atoms with Gasteiger partial charge in [0.15, 0.2) is 0 Å². The third-order valence-corrected chi connectivity index (χ3v) is 6.37. The highest BCUT2D eigenvalue weighted by atomic mass is 16.5. The highest BCUT2D eigenvalue weighted by molar-refractivity contribution is 5.71. The highest BCUT2D eigenvalue weighted by Crippen LogP contribution is 2.39. The van der Waals surface area contributed by atoms with Gasteiger partial charge in [-0.1, -0.05) is 45.4 Å². The van der Waals surface area contributed by atoms with E-state index in [0.29, 0.717) is 12.8 Å². The van der Waals surface area contributed by atoms with Crippen molar-refractivity contribution in [3.63, 3.8) is 0 Å². The molecule has 1 N–H and O–H groups in total. The number of ether oxygens (including phenoxy) is 2. The molecule has 0 amide bonds. The summed E-state index contributed by atoms with van der Waals surface area (Å²) >= 11 is 0. The molecule has 1 saturated carbocycles. The molecule has 0 bridgehead atoms. The quantitative estimate of drug-likeness (QED) is 0.462. The van der Waals surface area contributed by atoms with Gasteiger partial charge >= 0.3 is 5.97 Å². The molecule has 2 aliphatic rings. The molecule has 1 aromatic carbocycles. The Morgan fingerprint density at radius 1 is 1.18 bits per heavy atom. The first-order valence-corrected chi connectivity index (χ1v) is 11.2. The number of unbranched alkanes of at least 4 members (excludes halogenated alkanes) is 6. The van der Waals surface area contributed by atoms with Crippen molar-refractivity contribution in [2.45, 2.75) is 103 Å². The summed E-state index contributed by atoms with van der Waals surface area (Å²) in [6.07, 6.45) is 13.7. The summed E-state index contributed by atoms with van der Waals surface area (Å²) in [6, 6.07) is 6.07. The van der Waals surface area contributed by atoms with E-state index < -0.39 is 5.97 Å². The van der Waals surface area contributed by atoms with Gasteiger partial charge in [0.05, 0.1) is 5.92 Å². The number of benzene rings is 1. The van der Waals surface area contributed by atoms with Crippen LogP contribution in [0.15, 0.2) is 18.2 Å². The zero-order chi connectivity index (χ0) is 20.0. The van der Waals surface area contributed by atoms with E-state index in [9.17, 15) is 4.79 Å². The minimum atomic E-state index is -0.709. The van der Waals surface area contributed by atoms with Crippen molar-refractivity contribution in [1.82, 2.24) is 0 Å². The lowest BCUT2D eigenvalue weighted by Gasteiger charge is -2.37. The second kappa shape index (κ2) is 9.67. The van der Waals surface area contributed by atoms with Gasteiger partial charge in [-0.2, -0.15) is 0 Å². The summed E-state index contributed by atoms with van der Waals surface area (Å²) in [5.41, 5.74) is 1.16. The topological polar surface area (TPSA) is 55.8 Å². The fourth-order valence-corrected chi connectivity index (χ4v) is 4.33. The van der Waals surface area contributed by atoms with Gasteiger partial charge in [-0.3, -0.25) is 4.79 Å². The van der Waals surface area contributed by atoms with E-state index in [-0.39, 0.29) is 17.6 Å². The Balaban J connectivity index is 1.43. The van der Waals surface area contributed by atoms with Crippen molar-refractivity contribution < 1.29 is 19.4 Å². The van der Waals surface area contributed by atoms with Gasteiger partial charge in [0, 0.05) is 0 Å². The smallest absolute Gasteiger partial charge is 0.306 e. The Labute approximate surface area is 169 Å². The Hall–Kier alpha value is -1.71. The minimum Gasteiger partial charge on any atom is -0.490 e. The molecule has 28 heavy (non-hydrogen) atoms. The fraction of sp³-hybridized carbons (Fsp3) is 0.708. The monoisotopic (exact) mass is 388 g/mol. The van der Waals surface area contributed by atoms with E-state index in [1.54, 1.807) is 0 Å². The number of carbonyl (C=O) groups is 1. The van der Waals surface area contributed by atoms with Crippen molar-refractivity contribution in [3.8, 4) is 11.5 Å². The molecule has 1 atom stereocenters. The van der Waals surface area contributed by atoms with Crippen LogP contribution in [0.4, 0.5) is 0 Å². The summed E-state index contributed by atoms with van der Waals surface area (Å²) in [6.45, 7) is 4.51. The van der Waals surface area contributed by atoms with E-state index in [4.69, 9.17) is 14.6 Å². The van der Waals surface area contributed by atoms with Crippen LogP contribution in [0, 0.1) is 5.92 Å². The van der Waals surface area contributed by atoms with E-state index in [1.165, 1.54) is 50.5 Å². The predicted molar refractivity (Wildman–Crippen MR) is 111 cm³/mol.